The SMILES string of the molecule is NC(=O)CN1CCCN(C(=O)c2cscn2)CC1. The zero-order valence-corrected chi connectivity index (χ0v) is 10.9. The van der Waals surface area contributed by atoms with E-state index in [1.54, 1.807) is 15.8 Å². The Bertz CT molecular complexity index is 421. The number of nitrogens with two attached hydrogens (primary N) is 1. The van der Waals surface area contributed by atoms with E-state index < -0.39 is 0 Å². The van der Waals surface area contributed by atoms with Crippen LogP contribution in [-0.2, 0) is 4.79 Å². The van der Waals surface area contributed by atoms with Crippen LogP contribution < -0.4 is 5.73 Å². The van der Waals surface area contributed by atoms with Gasteiger partial charge >= 0.3 is 0 Å². The Labute approximate surface area is 109 Å². The van der Waals surface area contributed by atoms with E-state index in [2.05, 4.69) is 4.98 Å². The maximum atomic E-state index is 12.1. The third kappa shape index (κ3) is 3.27. The van der Waals surface area contributed by atoms with Crippen molar-refractivity contribution < 1.29 is 9.59 Å². The molecule has 0 aromatic carbocycles. The number of primary amides is 1. The monoisotopic (exact) mass is 268 g/mol. The summed E-state index contributed by atoms with van der Waals surface area (Å²) in [7, 11) is 0. The molecule has 0 bridgehead atoms. The van der Waals surface area contributed by atoms with Gasteiger partial charge in [0.15, 0.2) is 0 Å². The third-order valence-corrected chi connectivity index (χ3v) is 3.49. The number of hydrogen-bond donors (Lipinski definition) is 1. The Hall–Kier alpha value is -1.47. The fourth-order valence-electron chi connectivity index (χ4n) is 2.03. The molecular weight excluding hydrogens is 252 g/mol. The molecule has 1 fully saturated rings. The van der Waals surface area contributed by atoms with Gasteiger partial charge in [-0.05, 0) is 6.42 Å². The molecule has 98 valence electrons. The summed E-state index contributed by atoms with van der Waals surface area (Å²) in [6.45, 7) is 3.05. The van der Waals surface area contributed by atoms with Gasteiger partial charge in [-0.3, -0.25) is 14.5 Å². The van der Waals surface area contributed by atoms with Crippen molar-refractivity contribution in [3.05, 3.63) is 16.6 Å². The molecule has 1 aliphatic rings. The fraction of sp³-hybridized carbons (Fsp3) is 0.545. The van der Waals surface area contributed by atoms with Crippen LogP contribution in [0.1, 0.15) is 16.9 Å². The van der Waals surface area contributed by atoms with E-state index in [0.717, 1.165) is 13.0 Å². The zero-order chi connectivity index (χ0) is 13.0. The zero-order valence-electron chi connectivity index (χ0n) is 10.0. The summed E-state index contributed by atoms with van der Waals surface area (Å²) in [6.07, 6.45) is 0.850. The first-order valence-electron chi connectivity index (χ1n) is 5.85. The average molecular weight is 268 g/mol. The van der Waals surface area contributed by atoms with Crippen molar-refractivity contribution in [2.45, 2.75) is 6.42 Å². The number of carbonyl (C=O) groups excluding carboxylic acids is 2. The van der Waals surface area contributed by atoms with E-state index in [1.165, 1.54) is 11.3 Å². The molecule has 2 rings (SSSR count). The molecule has 0 unspecified atom stereocenters. The minimum absolute atomic E-state index is 0.0304. The lowest BCUT2D eigenvalue weighted by Crippen LogP contribution is -2.38. The average Bonchev–Trinajstić information content (AvgIpc) is 2.76. The van der Waals surface area contributed by atoms with Crippen LogP contribution in [0.3, 0.4) is 0 Å². The van der Waals surface area contributed by atoms with Crippen LogP contribution in [-0.4, -0.2) is 59.3 Å². The van der Waals surface area contributed by atoms with Gasteiger partial charge < -0.3 is 10.6 Å². The first-order chi connectivity index (χ1) is 8.66. The highest BCUT2D eigenvalue weighted by Gasteiger charge is 2.21. The van der Waals surface area contributed by atoms with Crippen LogP contribution in [0.15, 0.2) is 10.9 Å². The van der Waals surface area contributed by atoms with Crippen LogP contribution >= 0.6 is 11.3 Å². The van der Waals surface area contributed by atoms with Crippen LogP contribution in [0.2, 0.25) is 0 Å². The number of rotatable bonds is 3. The van der Waals surface area contributed by atoms with E-state index in [-0.39, 0.29) is 18.4 Å². The third-order valence-electron chi connectivity index (χ3n) is 2.91. The Morgan fingerprint density at radius 1 is 1.33 bits per heavy atom. The Morgan fingerprint density at radius 2 is 2.17 bits per heavy atom. The minimum Gasteiger partial charge on any atom is -0.369 e. The summed E-state index contributed by atoms with van der Waals surface area (Å²) < 4.78 is 0. The van der Waals surface area contributed by atoms with E-state index in [9.17, 15) is 9.59 Å². The molecule has 7 heteroatoms. The molecule has 2 amide bonds. The van der Waals surface area contributed by atoms with Gasteiger partial charge in [0, 0.05) is 31.6 Å². The molecule has 1 aliphatic heterocycles. The summed E-state index contributed by atoms with van der Waals surface area (Å²) in [4.78, 5) is 30.8. The molecule has 2 N–H and O–H groups in total. The lowest BCUT2D eigenvalue weighted by Gasteiger charge is -2.20. The highest BCUT2D eigenvalue weighted by atomic mass is 32.1. The van der Waals surface area contributed by atoms with E-state index in [1.807, 2.05) is 4.90 Å². The van der Waals surface area contributed by atoms with E-state index >= 15 is 0 Å². The molecule has 0 saturated carbocycles. The lowest BCUT2D eigenvalue weighted by molar-refractivity contribution is -0.119. The molecule has 0 aliphatic carbocycles. The van der Waals surface area contributed by atoms with Crippen molar-refractivity contribution in [2.75, 3.05) is 32.7 Å². The van der Waals surface area contributed by atoms with Gasteiger partial charge in [0.25, 0.3) is 5.91 Å². The summed E-state index contributed by atoms with van der Waals surface area (Å²) in [6, 6.07) is 0. The number of aromatic nitrogens is 1. The normalized spacial score (nSPS) is 17.4. The van der Waals surface area contributed by atoms with Crippen molar-refractivity contribution in [1.82, 2.24) is 14.8 Å². The summed E-state index contributed by atoms with van der Waals surface area (Å²) >= 11 is 1.42. The molecule has 18 heavy (non-hydrogen) atoms. The Balaban J connectivity index is 1.93. The number of thiazole rings is 1. The number of nitrogens with zero attached hydrogens (tertiary/aromatic N) is 3. The van der Waals surface area contributed by atoms with Crippen LogP contribution in [0, 0.1) is 0 Å². The standard InChI is InChI=1S/C11H16N4O2S/c12-10(16)6-14-2-1-3-15(5-4-14)11(17)9-7-18-8-13-9/h7-8H,1-6H2,(H2,12,16). The molecule has 0 radical (unpaired) electrons. The first kappa shape index (κ1) is 13.0. The number of carbonyl (C=O) groups is 2. The summed E-state index contributed by atoms with van der Waals surface area (Å²) in [5.41, 5.74) is 7.34. The highest BCUT2D eigenvalue weighted by Crippen LogP contribution is 2.09. The van der Waals surface area contributed by atoms with Gasteiger partial charge in [0.1, 0.15) is 5.69 Å². The molecule has 1 aromatic heterocycles. The van der Waals surface area contributed by atoms with Gasteiger partial charge in [-0.2, -0.15) is 0 Å². The quantitative estimate of drug-likeness (QED) is 0.821. The lowest BCUT2D eigenvalue weighted by atomic mass is 10.3. The molecule has 1 aromatic rings. The van der Waals surface area contributed by atoms with Gasteiger partial charge in [-0.25, -0.2) is 4.98 Å². The van der Waals surface area contributed by atoms with E-state index in [0.29, 0.717) is 25.3 Å². The second-order valence-electron chi connectivity index (χ2n) is 4.26. The first-order valence-corrected chi connectivity index (χ1v) is 6.79. The topological polar surface area (TPSA) is 79.5 Å². The predicted octanol–water partition coefficient (Wildman–Crippen LogP) is -0.224. The van der Waals surface area contributed by atoms with Crippen molar-refractivity contribution in [1.29, 1.82) is 0 Å². The van der Waals surface area contributed by atoms with Crippen molar-refractivity contribution >= 4 is 23.2 Å². The van der Waals surface area contributed by atoms with Gasteiger partial charge in [-0.15, -0.1) is 11.3 Å². The summed E-state index contributed by atoms with van der Waals surface area (Å²) in [5, 5.41) is 1.76. The van der Waals surface area contributed by atoms with Crippen LogP contribution in [0.4, 0.5) is 0 Å². The van der Waals surface area contributed by atoms with Crippen molar-refractivity contribution in [3.8, 4) is 0 Å². The smallest absolute Gasteiger partial charge is 0.273 e. The largest absolute Gasteiger partial charge is 0.369 e. The second-order valence-corrected chi connectivity index (χ2v) is 4.98. The fourth-order valence-corrected chi connectivity index (χ4v) is 2.56. The maximum Gasteiger partial charge on any atom is 0.273 e. The van der Waals surface area contributed by atoms with Gasteiger partial charge in [0.05, 0.1) is 12.1 Å². The molecule has 0 spiro atoms. The molecule has 6 nitrogen and oxygen atoms in total. The number of amides is 2. The second kappa shape index (κ2) is 5.92. The van der Waals surface area contributed by atoms with Crippen LogP contribution in [0.5, 0.6) is 0 Å². The van der Waals surface area contributed by atoms with Crippen LogP contribution in [0.25, 0.3) is 0 Å². The number of hydrogen-bond acceptors (Lipinski definition) is 5. The van der Waals surface area contributed by atoms with Gasteiger partial charge in [-0.1, -0.05) is 0 Å². The highest BCUT2D eigenvalue weighted by molar-refractivity contribution is 7.07. The predicted molar refractivity (Wildman–Crippen MR) is 68.3 cm³/mol. The molecule has 2 heterocycles. The summed E-state index contributed by atoms with van der Waals surface area (Å²) in [5.74, 6) is -0.355. The van der Waals surface area contributed by atoms with Crippen molar-refractivity contribution in [2.24, 2.45) is 5.73 Å². The van der Waals surface area contributed by atoms with Crippen molar-refractivity contribution in [3.63, 3.8) is 0 Å². The molecule has 1 saturated heterocycles. The molecular formula is C11H16N4O2S. The Morgan fingerprint density at radius 3 is 2.83 bits per heavy atom. The Kier molecular flexibility index (Phi) is 4.27. The minimum atomic E-state index is -0.325. The molecule has 0 atom stereocenters. The maximum absolute atomic E-state index is 12.1. The van der Waals surface area contributed by atoms with Gasteiger partial charge in [0.2, 0.25) is 5.91 Å². The van der Waals surface area contributed by atoms with E-state index in [4.69, 9.17) is 5.73 Å².